The monoisotopic (exact) mass is 369 g/mol. The van der Waals surface area contributed by atoms with Crippen LogP contribution in [-0.4, -0.2) is 11.0 Å². The number of nitrogens with one attached hydrogen (secondary N) is 1. The first-order chi connectivity index (χ1) is 13.0. The van der Waals surface area contributed by atoms with Crippen molar-refractivity contribution in [3.63, 3.8) is 0 Å². The van der Waals surface area contributed by atoms with Crippen LogP contribution in [0.1, 0.15) is 82.9 Å². The second-order valence-corrected chi connectivity index (χ2v) is 8.34. The lowest BCUT2D eigenvalue weighted by atomic mass is 9.77. The first-order valence-corrected chi connectivity index (χ1v) is 10.8. The molecule has 0 radical (unpaired) electrons. The number of hydrogen-bond donors (Lipinski definition) is 2. The topological polar surface area (TPSA) is 50.9 Å². The zero-order valence-electron chi connectivity index (χ0n) is 17.5. The Labute approximate surface area is 166 Å². The molecule has 0 bridgehead atoms. The number of hydrogen-bond acceptors (Lipinski definition) is 3. The van der Waals surface area contributed by atoms with Crippen molar-refractivity contribution in [2.24, 2.45) is 17.6 Å². The van der Waals surface area contributed by atoms with Crippen molar-refractivity contribution in [2.45, 2.75) is 84.2 Å². The standard InChI is InChI=1S/C16H31N.C8H8N2/c1-4-5-6-7-8-14(3)16(17)15-11-9-13(2)10-12-15;1-6-7-3-2-4-9-8(7)5-10-6/h13,15-16H,3-12,17H2,1-2H3;2-4,10H,1,5H2. The Balaban J connectivity index is 0.000000219. The average Bonchev–Trinajstić information content (AvgIpc) is 3.07. The van der Waals surface area contributed by atoms with Crippen molar-refractivity contribution in [1.82, 2.24) is 10.3 Å². The highest BCUT2D eigenvalue weighted by atomic mass is 14.9. The van der Waals surface area contributed by atoms with E-state index in [4.69, 9.17) is 5.73 Å². The van der Waals surface area contributed by atoms with Crippen LogP contribution in [0.25, 0.3) is 5.70 Å². The molecule has 0 aromatic carbocycles. The third-order valence-electron chi connectivity index (χ3n) is 6.08. The van der Waals surface area contributed by atoms with Gasteiger partial charge in [0.1, 0.15) is 0 Å². The fourth-order valence-corrected chi connectivity index (χ4v) is 4.06. The molecule has 1 atom stereocenters. The van der Waals surface area contributed by atoms with Gasteiger partial charge in [0.2, 0.25) is 0 Å². The maximum absolute atomic E-state index is 6.35. The molecule has 27 heavy (non-hydrogen) atoms. The second-order valence-electron chi connectivity index (χ2n) is 8.34. The van der Waals surface area contributed by atoms with Crippen LogP contribution in [0.5, 0.6) is 0 Å². The molecule has 1 fully saturated rings. The van der Waals surface area contributed by atoms with Gasteiger partial charge in [-0.1, -0.05) is 64.7 Å². The molecule has 1 aromatic rings. The van der Waals surface area contributed by atoms with Gasteiger partial charge < -0.3 is 11.1 Å². The molecule has 1 aromatic heterocycles. The van der Waals surface area contributed by atoms with Crippen LogP contribution in [0.4, 0.5) is 0 Å². The molecular formula is C24H39N3. The van der Waals surface area contributed by atoms with Gasteiger partial charge in [-0.25, -0.2) is 0 Å². The molecule has 0 amide bonds. The van der Waals surface area contributed by atoms with Crippen LogP contribution in [0.3, 0.4) is 0 Å². The van der Waals surface area contributed by atoms with Gasteiger partial charge in [0.15, 0.2) is 0 Å². The Morgan fingerprint density at radius 3 is 2.67 bits per heavy atom. The van der Waals surface area contributed by atoms with Crippen molar-refractivity contribution < 1.29 is 0 Å². The maximum Gasteiger partial charge on any atom is 0.0687 e. The maximum atomic E-state index is 6.35. The van der Waals surface area contributed by atoms with E-state index in [0.717, 1.165) is 35.8 Å². The predicted molar refractivity (Wildman–Crippen MR) is 117 cm³/mol. The van der Waals surface area contributed by atoms with Crippen LogP contribution < -0.4 is 11.1 Å². The lowest BCUT2D eigenvalue weighted by molar-refractivity contribution is 0.266. The summed E-state index contributed by atoms with van der Waals surface area (Å²) in [5.41, 5.74) is 10.9. The quantitative estimate of drug-likeness (QED) is 0.470. The Kier molecular flexibility index (Phi) is 9.06. The Bertz CT molecular complexity index is 599. The van der Waals surface area contributed by atoms with Crippen LogP contribution in [0, 0.1) is 11.8 Å². The van der Waals surface area contributed by atoms with E-state index in [9.17, 15) is 0 Å². The minimum atomic E-state index is 0.268. The molecular weight excluding hydrogens is 330 g/mol. The third-order valence-corrected chi connectivity index (χ3v) is 6.08. The second kappa shape index (κ2) is 11.3. The largest absolute Gasteiger partial charge is 0.379 e. The molecule has 0 saturated heterocycles. The van der Waals surface area contributed by atoms with Crippen molar-refractivity contribution in [2.75, 3.05) is 0 Å². The van der Waals surface area contributed by atoms with E-state index in [2.05, 4.69) is 37.3 Å². The van der Waals surface area contributed by atoms with Gasteiger partial charge in [-0.2, -0.15) is 0 Å². The molecule has 3 N–H and O–H groups in total. The highest BCUT2D eigenvalue weighted by Crippen LogP contribution is 2.32. The van der Waals surface area contributed by atoms with Crippen molar-refractivity contribution in [3.05, 3.63) is 48.3 Å². The highest BCUT2D eigenvalue weighted by molar-refractivity contribution is 5.66. The van der Waals surface area contributed by atoms with Gasteiger partial charge >= 0.3 is 0 Å². The van der Waals surface area contributed by atoms with Crippen molar-refractivity contribution in [1.29, 1.82) is 0 Å². The minimum Gasteiger partial charge on any atom is -0.379 e. The Hall–Kier alpha value is -1.61. The number of unbranched alkanes of at least 4 members (excludes halogenated alkanes) is 3. The van der Waals surface area contributed by atoms with Crippen LogP contribution in [0.2, 0.25) is 0 Å². The molecule has 3 heteroatoms. The number of pyridine rings is 1. The molecule has 3 nitrogen and oxygen atoms in total. The summed E-state index contributed by atoms with van der Waals surface area (Å²) < 4.78 is 0. The molecule has 3 rings (SSSR count). The zero-order chi connectivity index (χ0) is 19.6. The number of aromatic nitrogens is 1. The van der Waals surface area contributed by atoms with Crippen molar-refractivity contribution >= 4 is 5.70 Å². The van der Waals surface area contributed by atoms with Gasteiger partial charge in [-0.15, -0.1) is 0 Å². The third kappa shape index (κ3) is 6.80. The van der Waals surface area contributed by atoms with Gasteiger partial charge in [0.25, 0.3) is 0 Å². The van der Waals surface area contributed by atoms with E-state index < -0.39 is 0 Å². The summed E-state index contributed by atoms with van der Waals surface area (Å²) in [6, 6.07) is 4.23. The van der Waals surface area contributed by atoms with E-state index in [0.29, 0.717) is 5.92 Å². The summed E-state index contributed by atoms with van der Waals surface area (Å²) in [5, 5.41) is 3.13. The minimum absolute atomic E-state index is 0.268. The fraction of sp³-hybridized carbons (Fsp3) is 0.625. The Morgan fingerprint density at radius 1 is 1.26 bits per heavy atom. The van der Waals surface area contributed by atoms with E-state index in [1.54, 1.807) is 6.20 Å². The van der Waals surface area contributed by atoms with Crippen LogP contribution in [-0.2, 0) is 6.54 Å². The summed E-state index contributed by atoms with van der Waals surface area (Å²) >= 11 is 0. The van der Waals surface area contributed by atoms with E-state index in [1.165, 1.54) is 56.9 Å². The normalized spacial score (nSPS) is 22.3. The van der Waals surface area contributed by atoms with E-state index in [-0.39, 0.29) is 6.04 Å². The molecule has 1 saturated carbocycles. The lowest BCUT2D eigenvalue weighted by Crippen LogP contribution is -2.34. The zero-order valence-corrected chi connectivity index (χ0v) is 17.5. The SMILES string of the molecule is C=C(CCCCCC)C(N)C1CCC(C)CC1.C=C1NCc2ncccc21. The molecule has 1 aliphatic heterocycles. The number of nitrogens with two attached hydrogens (primary N) is 1. The van der Waals surface area contributed by atoms with E-state index >= 15 is 0 Å². The fourth-order valence-electron chi connectivity index (χ4n) is 4.06. The molecule has 2 aliphatic rings. The first kappa shape index (κ1) is 21.7. The van der Waals surface area contributed by atoms with Crippen LogP contribution >= 0.6 is 0 Å². The molecule has 150 valence electrons. The predicted octanol–water partition coefficient (Wildman–Crippen LogP) is 5.82. The van der Waals surface area contributed by atoms with E-state index in [1.807, 2.05) is 12.1 Å². The van der Waals surface area contributed by atoms with Crippen molar-refractivity contribution in [3.8, 4) is 0 Å². The first-order valence-electron chi connectivity index (χ1n) is 10.8. The summed E-state index contributed by atoms with van der Waals surface area (Å²) in [6.45, 7) is 13.5. The Morgan fingerprint density at radius 2 is 2.00 bits per heavy atom. The van der Waals surface area contributed by atoms with Crippen LogP contribution in [0.15, 0.2) is 37.1 Å². The summed E-state index contributed by atoms with van der Waals surface area (Å²) in [4.78, 5) is 4.19. The van der Waals surface area contributed by atoms with Gasteiger partial charge in [-0.3, -0.25) is 4.98 Å². The molecule has 1 aliphatic carbocycles. The molecule has 2 heterocycles. The summed E-state index contributed by atoms with van der Waals surface area (Å²) in [7, 11) is 0. The van der Waals surface area contributed by atoms with Gasteiger partial charge in [0, 0.05) is 23.5 Å². The van der Waals surface area contributed by atoms with Gasteiger partial charge in [-0.05, 0) is 49.7 Å². The summed E-state index contributed by atoms with van der Waals surface area (Å²) in [6.07, 6.45) is 13.6. The highest BCUT2D eigenvalue weighted by Gasteiger charge is 2.24. The van der Waals surface area contributed by atoms with Gasteiger partial charge in [0.05, 0.1) is 12.2 Å². The number of nitrogens with zero attached hydrogens (tertiary/aromatic N) is 1. The summed E-state index contributed by atoms with van der Waals surface area (Å²) in [5.74, 6) is 1.63. The smallest absolute Gasteiger partial charge is 0.0687 e. The lowest BCUT2D eigenvalue weighted by Gasteiger charge is -2.31. The average molecular weight is 370 g/mol. The molecule has 0 spiro atoms. The molecule has 1 unspecified atom stereocenters. The number of rotatable bonds is 7. The number of fused-ring (bicyclic) bond motifs is 1.